The Morgan fingerprint density at radius 1 is 1.00 bits per heavy atom. The van der Waals surface area contributed by atoms with Crippen LogP contribution in [0.1, 0.15) is 22.3 Å². The zero-order valence-corrected chi connectivity index (χ0v) is 17.2. The summed E-state index contributed by atoms with van der Waals surface area (Å²) in [5.41, 5.74) is 4.62. The second kappa shape index (κ2) is 7.98. The molecule has 0 radical (unpaired) electrons. The quantitative estimate of drug-likeness (QED) is 0.566. The van der Waals surface area contributed by atoms with Crippen molar-refractivity contribution in [2.24, 2.45) is 0 Å². The molecule has 1 fully saturated rings. The zero-order chi connectivity index (χ0) is 20.5. The normalized spacial score (nSPS) is 16.2. The zero-order valence-electron chi connectivity index (χ0n) is 16.4. The van der Waals surface area contributed by atoms with Gasteiger partial charge in [0, 0.05) is 38.8 Å². The third kappa shape index (κ3) is 4.09. The van der Waals surface area contributed by atoms with Gasteiger partial charge in [-0.05, 0) is 43.5 Å². The number of nitrogens with zero attached hydrogens (tertiary/aromatic N) is 3. The van der Waals surface area contributed by atoms with Crippen molar-refractivity contribution >= 4 is 15.7 Å². The Balaban J connectivity index is 1.73. The number of aryl methyl sites for hydroxylation is 3. The molecule has 0 saturated carbocycles. The second-order valence-electron chi connectivity index (χ2n) is 7.28. The highest BCUT2D eigenvalue weighted by Crippen LogP contribution is 2.27. The number of nitro benzene ring substituents is 1. The molecule has 0 aliphatic carbocycles. The molecule has 1 aliphatic rings. The highest BCUT2D eigenvalue weighted by molar-refractivity contribution is 7.89. The van der Waals surface area contributed by atoms with E-state index in [-0.39, 0.29) is 10.6 Å². The van der Waals surface area contributed by atoms with Crippen molar-refractivity contribution in [3.63, 3.8) is 0 Å². The van der Waals surface area contributed by atoms with Crippen molar-refractivity contribution in [2.75, 3.05) is 26.2 Å². The molecule has 28 heavy (non-hydrogen) atoms. The lowest BCUT2D eigenvalue weighted by atomic mass is 9.99. The van der Waals surface area contributed by atoms with E-state index >= 15 is 0 Å². The van der Waals surface area contributed by atoms with E-state index < -0.39 is 14.9 Å². The Bertz CT molecular complexity index is 973. The SMILES string of the molecule is Cc1cc(C)c(CN2CCN(S(=O)(=O)c3ccccc3[N+](=O)[O-])CC2)c(C)c1. The van der Waals surface area contributed by atoms with Gasteiger partial charge in [-0.1, -0.05) is 29.8 Å². The fourth-order valence-corrected chi connectivity index (χ4v) is 5.36. The molecule has 1 heterocycles. The van der Waals surface area contributed by atoms with Crippen LogP contribution in [0.15, 0.2) is 41.3 Å². The van der Waals surface area contributed by atoms with Crippen molar-refractivity contribution in [1.82, 2.24) is 9.21 Å². The highest BCUT2D eigenvalue weighted by Gasteiger charge is 2.33. The van der Waals surface area contributed by atoms with Crippen LogP contribution in [0.5, 0.6) is 0 Å². The maximum atomic E-state index is 12.9. The van der Waals surface area contributed by atoms with Crippen LogP contribution in [0, 0.1) is 30.9 Å². The topological polar surface area (TPSA) is 83.8 Å². The lowest BCUT2D eigenvalue weighted by Crippen LogP contribution is -2.48. The number of sulfonamides is 1. The van der Waals surface area contributed by atoms with Crippen LogP contribution in [0.2, 0.25) is 0 Å². The molecular formula is C20H25N3O4S. The molecule has 1 aliphatic heterocycles. The second-order valence-corrected chi connectivity index (χ2v) is 9.19. The van der Waals surface area contributed by atoms with E-state index in [0.29, 0.717) is 26.2 Å². The number of hydrogen-bond acceptors (Lipinski definition) is 5. The van der Waals surface area contributed by atoms with Crippen LogP contribution in [-0.4, -0.2) is 48.7 Å². The summed E-state index contributed by atoms with van der Waals surface area (Å²) in [6, 6.07) is 9.85. The minimum atomic E-state index is -3.89. The van der Waals surface area contributed by atoms with Gasteiger partial charge in [0.1, 0.15) is 0 Å². The van der Waals surface area contributed by atoms with Gasteiger partial charge in [0.25, 0.3) is 5.69 Å². The first kappa shape index (κ1) is 20.4. The summed E-state index contributed by atoms with van der Waals surface area (Å²) in [4.78, 5) is 12.6. The van der Waals surface area contributed by atoms with Crippen LogP contribution >= 0.6 is 0 Å². The number of para-hydroxylation sites is 1. The Morgan fingerprint density at radius 3 is 2.14 bits per heavy atom. The average Bonchev–Trinajstić information content (AvgIpc) is 2.65. The fraction of sp³-hybridized carbons (Fsp3) is 0.400. The van der Waals surface area contributed by atoms with Gasteiger partial charge < -0.3 is 0 Å². The van der Waals surface area contributed by atoms with E-state index in [2.05, 4.69) is 37.8 Å². The van der Waals surface area contributed by atoms with Crippen molar-refractivity contribution in [2.45, 2.75) is 32.2 Å². The predicted molar refractivity (Wildman–Crippen MR) is 108 cm³/mol. The van der Waals surface area contributed by atoms with Gasteiger partial charge in [0.15, 0.2) is 4.90 Å². The number of hydrogen-bond donors (Lipinski definition) is 0. The van der Waals surface area contributed by atoms with Gasteiger partial charge in [-0.2, -0.15) is 4.31 Å². The number of nitro groups is 1. The molecule has 0 aromatic heterocycles. The van der Waals surface area contributed by atoms with Gasteiger partial charge in [0.05, 0.1) is 4.92 Å². The van der Waals surface area contributed by atoms with Crippen LogP contribution in [0.4, 0.5) is 5.69 Å². The summed E-state index contributed by atoms with van der Waals surface area (Å²) in [7, 11) is -3.89. The number of piperazine rings is 1. The first-order valence-corrected chi connectivity index (χ1v) is 10.7. The Kier molecular flexibility index (Phi) is 5.83. The maximum Gasteiger partial charge on any atom is 0.289 e. The summed E-state index contributed by atoms with van der Waals surface area (Å²) in [6.07, 6.45) is 0. The van der Waals surface area contributed by atoms with E-state index in [9.17, 15) is 18.5 Å². The molecule has 2 aromatic rings. The number of rotatable bonds is 5. The third-order valence-electron chi connectivity index (χ3n) is 5.23. The van der Waals surface area contributed by atoms with Crippen molar-refractivity contribution < 1.29 is 13.3 Å². The van der Waals surface area contributed by atoms with Crippen molar-refractivity contribution in [1.29, 1.82) is 0 Å². The molecule has 0 atom stereocenters. The molecule has 0 unspecified atom stereocenters. The van der Waals surface area contributed by atoms with E-state index in [4.69, 9.17) is 0 Å². The highest BCUT2D eigenvalue weighted by atomic mass is 32.2. The minimum absolute atomic E-state index is 0.237. The molecule has 3 rings (SSSR count). The molecule has 0 N–H and O–H groups in total. The summed E-state index contributed by atoms with van der Waals surface area (Å²) >= 11 is 0. The van der Waals surface area contributed by atoms with E-state index in [0.717, 1.165) is 6.54 Å². The first-order valence-electron chi connectivity index (χ1n) is 9.23. The molecule has 8 heteroatoms. The monoisotopic (exact) mass is 403 g/mol. The van der Waals surface area contributed by atoms with Crippen molar-refractivity contribution in [3.8, 4) is 0 Å². The molecule has 2 aromatic carbocycles. The Hall–Kier alpha value is -2.29. The number of benzene rings is 2. The van der Waals surface area contributed by atoms with Crippen LogP contribution in [0.25, 0.3) is 0 Å². The smallest absolute Gasteiger partial charge is 0.289 e. The predicted octanol–water partition coefficient (Wildman–Crippen LogP) is 3.03. The average molecular weight is 404 g/mol. The Labute approximate surface area is 165 Å². The van der Waals surface area contributed by atoms with Gasteiger partial charge in [-0.15, -0.1) is 0 Å². The molecule has 0 bridgehead atoms. The van der Waals surface area contributed by atoms with Gasteiger partial charge in [-0.3, -0.25) is 15.0 Å². The fourth-order valence-electron chi connectivity index (χ4n) is 3.78. The molecular weight excluding hydrogens is 378 g/mol. The summed E-state index contributed by atoms with van der Waals surface area (Å²) < 4.78 is 27.2. The first-order chi connectivity index (χ1) is 13.2. The lowest BCUT2D eigenvalue weighted by Gasteiger charge is -2.34. The molecule has 0 amide bonds. The van der Waals surface area contributed by atoms with Crippen molar-refractivity contribution in [3.05, 3.63) is 68.8 Å². The van der Waals surface area contributed by atoms with Gasteiger partial charge in [-0.25, -0.2) is 8.42 Å². The van der Waals surface area contributed by atoms with E-state index in [1.54, 1.807) is 0 Å². The van der Waals surface area contributed by atoms with Gasteiger partial charge in [0.2, 0.25) is 10.0 Å². The molecule has 150 valence electrons. The minimum Gasteiger partial charge on any atom is -0.296 e. The van der Waals surface area contributed by atoms with Crippen LogP contribution in [0.3, 0.4) is 0 Å². The summed E-state index contributed by atoms with van der Waals surface area (Å²) in [5.74, 6) is 0. The Morgan fingerprint density at radius 2 is 1.57 bits per heavy atom. The largest absolute Gasteiger partial charge is 0.296 e. The van der Waals surface area contributed by atoms with Gasteiger partial charge >= 0.3 is 0 Å². The van der Waals surface area contributed by atoms with Crippen LogP contribution < -0.4 is 0 Å². The lowest BCUT2D eigenvalue weighted by molar-refractivity contribution is -0.387. The molecule has 0 spiro atoms. The molecule has 7 nitrogen and oxygen atoms in total. The maximum absolute atomic E-state index is 12.9. The summed E-state index contributed by atoms with van der Waals surface area (Å²) in [5, 5.41) is 11.2. The van der Waals surface area contributed by atoms with Crippen LogP contribution in [-0.2, 0) is 16.6 Å². The third-order valence-corrected chi connectivity index (χ3v) is 7.18. The standard InChI is InChI=1S/C20H25N3O4S/c1-15-12-16(2)18(17(3)13-15)14-21-8-10-22(11-9-21)28(26,27)20-7-5-4-6-19(20)23(24)25/h4-7,12-13H,8-11,14H2,1-3H3. The molecule has 1 saturated heterocycles. The summed E-state index contributed by atoms with van der Waals surface area (Å²) in [6.45, 7) is 8.87. The van der Waals surface area contributed by atoms with E-state index in [1.807, 2.05) is 0 Å². The van der Waals surface area contributed by atoms with E-state index in [1.165, 1.54) is 50.8 Å².